The third-order valence-electron chi connectivity index (χ3n) is 6.29. The third-order valence-corrected chi connectivity index (χ3v) is 6.29. The fraction of sp³-hybridized carbons (Fsp3) is 0.391. The molecule has 1 aliphatic carbocycles. The first-order valence-electron chi connectivity index (χ1n) is 10.4. The lowest BCUT2D eigenvalue weighted by Gasteiger charge is -2.22. The first-order chi connectivity index (χ1) is 14.5. The average molecular weight is 405 g/mol. The number of alkyl halides is 1. The van der Waals surface area contributed by atoms with Gasteiger partial charge < -0.3 is 5.32 Å². The number of amides is 1. The van der Waals surface area contributed by atoms with Crippen LogP contribution in [-0.4, -0.2) is 25.7 Å². The van der Waals surface area contributed by atoms with Gasteiger partial charge in [0.2, 0.25) is 0 Å². The Kier molecular flexibility index (Phi) is 4.60. The summed E-state index contributed by atoms with van der Waals surface area (Å²) in [4.78, 5) is 21.0. The van der Waals surface area contributed by atoms with Gasteiger partial charge >= 0.3 is 0 Å². The van der Waals surface area contributed by atoms with Crippen molar-refractivity contribution in [2.45, 2.75) is 52.4 Å². The third kappa shape index (κ3) is 3.38. The van der Waals surface area contributed by atoms with Crippen molar-refractivity contribution in [3.8, 4) is 22.4 Å². The normalized spacial score (nSPS) is 17.2. The topological polar surface area (TPSA) is 72.7 Å². The van der Waals surface area contributed by atoms with E-state index in [1.807, 2.05) is 23.1 Å². The van der Waals surface area contributed by atoms with E-state index in [0.717, 1.165) is 23.4 Å². The minimum absolute atomic E-state index is 0.139. The molecule has 1 aliphatic heterocycles. The molecule has 3 aromatic rings. The smallest absolute Gasteiger partial charge is 0.253 e. The summed E-state index contributed by atoms with van der Waals surface area (Å²) in [5, 5.41) is 7.36. The maximum absolute atomic E-state index is 13.4. The number of aromatic nitrogens is 4. The molecule has 0 spiro atoms. The van der Waals surface area contributed by atoms with Crippen molar-refractivity contribution >= 4 is 5.91 Å². The molecule has 0 radical (unpaired) electrons. The molecule has 6 nitrogen and oxygen atoms in total. The predicted octanol–water partition coefficient (Wildman–Crippen LogP) is 4.30. The Morgan fingerprint density at radius 3 is 2.80 bits per heavy atom. The van der Waals surface area contributed by atoms with E-state index in [1.165, 1.54) is 25.7 Å². The van der Waals surface area contributed by atoms with Crippen molar-refractivity contribution in [3.05, 3.63) is 53.7 Å². The molecule has 0 aromatic carbocycles. The number of halogens is 1. The van der Waals surface area contributed by atoms with Crippen LogP contribution in [0.3, 0.4) is 0 Å². The zero-order valence-corrected chi connectivity index (χ0v) is 17.0. The van der Waals surface area contributed by atoms with Gasteiger partial charge in [0, 0.05) is 35.6 Å². The van der Waals surface area contributed by atoms with Gasteiger partial charge in [-0.15, -0.1) is 0 Å². The number of rotatable bonds is 5. The number of pyridine rings is 2. The zero-order chi connectivity index (χ0) is 20.7. The van der Waals surface area contributed by atoms with Gasteiger partial charge in [-0.2, -0.15) is 5.10 Å². The lowest BCUT2D eigenvalue weighted by atomic mass is 9.89. The van der Waals surface area contributed by atoms with Crippen LogP contribution in [0.25, 0.3) is 22.4 Å². The Morgan fingerprint density at radius 1 is 1.17 bits per heavy atom. The molecule has 30 heavy (non-hydrogen) atoms. The number of hydrogen-bond donors (Lipinski definition) is 1. The first-order valence-corrected chi connectivity index (χ1v) is 10.4. The summed E-state index contributed by atoms with van der Waals surface area (Å²) in [5.74, 6) is -0.139. The molecule has 2 aliphatic rings. The van der Waals surface area contributed by atoms with Crippen molar-refractivity contribution < 1.29 is 9.18 Å². The lowest BCUT2D eigenvalue weighted by Crippen LogP contribution is -2.19. The minimum Gasteiger partial charge on any atom is -0.346 e. The van der Waals surface area contributed by atoms with Crippen molar-refractivity contribution in [1.82, 2.24) is 25.1 Å². The van der Waals surface area contributed by atoms with E-state index in [4.69, 9.17) is 0 Å². The Hall–Kier alpha value is -3.09. The van der Waals surface area contributed by atoms with Gasteiger partial charge in [0.1, 0.15) is 6.67 Å². The fourth-order valence-corrected chi connectivity index (χ4v) is 4.61. The second-order valence-corrected chi connectivity index (χ2v) is 8.68. The van der Waals surface area contributed by atoms with E-state index in [-0.39, 0.29) is 5.91 Å². The van der Waals surface area contributed by atoms with Gasteiger partial charge in [-0.25, -0.2) is 9.37 Å². The van der Waals surface area contributed by atoms with Crippen LogP contribution < -0.4 is 5.32 Å². The highest BCUT2D eigenvalue weighted by Crippen LogP contribution is 2.39. The summed E-state index contributed by atoms with van der Waals surface area (Å²) in [6.07, 6.45) is 10.6. The molecule has 0 atom stereocenters. The Labute approximate surface area is 174 Å². The summed E-state index contributed by atoms with van der Waals surface area (Å²) < 4.78 is 15.4. The van der Waals surface area contributed by atoms with Crippen LogP contribution >= 0.6 is 0 Å². The second-order valence-electron chi connectivity index (χ2n) is 8.68. The van der Waals surface area contributed by atoms with Crippen LogP contribution in [0.15, 0.2) is 36.8 Å². The maximum Gasteiger partial charge on any atom is 0.253 e. The molecule has 0 saturated heterocycles. The van der Waals surface area contributed by atoms with Crippen molar-refractivity contribution in [1.29, 1.82) is 0 Å². The van der Waals surface area contributed by atoms with E-state index in [1.54, 1.807) is 18.3 Å². The number of nitrogens with one attached hydrogen (secondary N) is 1. The van der Waals surface area contributed by atoms with E-state index < -0.39 is 6.67 Å². The molecule has 7 heteroatoms. The Balaban J connectivity index is 1.54. The highest BCUT2D eigenvalue weighted by atomic mass is 19.1. The predicted molar refractivity (Wildman–Crippen MR) is 111 cm³/mol. The average Bonchev–Trinajstić information content (AvgIpc) is 3.49. The van der Waals surface area contributed by atoms with Crippen molar-refractivity contribution in [2.75, 3.05) is 0 Å². The monoisotopic (exact) mass is 405 g/mol. The molecule has 1 fully saturated rings. The molecule has 1 N–H and O–H groups in total. The van der Waals surface area contributed by atoms with Crippen LogP contribution in [0.2, 0.25) is 0 Å². The Morgan fingerprint density at radius 2 is 2.00 bits per heavy atom. The molecule has 3 aromatic heterocycles. The van der Waals surface area contributed by atoms with Gasteiger partial charge in [-0.1, -0.05) is 25.8 Å². The maximum atomic E-state index is 13.4. The molecule has 1 amide bonds. The van der Waals surface area contributed by atoms with E-state index in [9.17, 15) is 9.18 Å². The molecule has 4 heterocycles. The van der Waals surface area contributed by atoms with Gasteiger partial charge in [0.15, 0.2) is 0 Å². The number of nitrogens with zero attached hydrogens (tertiary/aromatic N) is 4. The molecule has 0 unspecified atom stereocenters. The van der Waals surface area contributed by atoms with Crippen LogP contribution in [-0.2, 0) is 19.8 Å². The molecule has 1 saturated carbocycles. The minimum atomic E-state index is -0.649. The van der Waals surface area contributed by atoms with E-state index >= 15 is 0 Å². The zero-order valence-electron chi connectivity index (χ0n) is 17.0. The van der Waals surface area contributed by atoms with Gasteiger partial charge in [0.25, 0.3) is 5.91 Å². The van der Waals surface area contributed by atoms with Gasteiger partial charge in [-0.3, -0.25) is 14.5 Å². The highest BCUT2D eigenvalue weighted by molar-refractivity contribution is 5.99. The lowest BCUT2D eigenvalue weighted by molar-refractivity contribution is 0.0966. The molecule has 0 bridgehead atoms. The summed E-state index contributed by atoms with van der Waals surface area (Å²) in [5.41, 5.74) is 5.02. The van der Waals surface area contributed by atoms with E-state index in [0.29, 0.717) is 34.5 Å². The SMILES string of the molecule is CC1(Cn2cc(-c3ccc(CF)nc3-c3cnc4c(c3)C(=O)NC4)cn2)CCCC1. The highest BCUT2D eigenvalue weighted by Gasteiger charge is 2.29. The fourth-order valence-electron chi connectivity index (χ4n) is 4.61. The van der Waals surface area contributed by atoms with Crippen LogP contribution in [0.1, 0.15) is 54.4 Å². The summed E-state index contributed by atoms with van der Waals surface area (Å²) in [6.45, 7) is 3.00. The van der Waals surface area contributed by atoms with Gasteiger partial charge in [0.05, 0.1) is 35.4 Å². The summed E-state index contributed by atoms with van der Waals surface area (Å²) >= 11 is 0. The van der Waals surface area contributed by atoms with Crippen LogP contribution in [0.5, 0.6) is 0 Å². The van der Waals surface area contributed by atoms with E-state index in [2.05, 4.69) is 27.3 Å². The largest absolute Gasteiger partial charge is 0.346 e. The quantitative estimate of drug-likeness (QED) is 0.687. The Bertz CT molecular complexity index is 1120. The second kappa shape index (κ2) is 7.31. The van der Waals surface area contributed by atoms with Crippen molar-refractivity contribution in [3.63, 3.8) is 0 Å². The number of carbonyl (C=O) groups is 1. The van der Waals surface area contributed by atoms with Gasteiger partial charge in [-0.05, 0) is 30.4 Å². The molecular formula is C23H24FN5O. The summed E-state index contributed by atoms with van der Waals surface area (Å²) in [7, 11) is 0. The van der Waals surface area contributed by atoms with Crippen LogP contribution in [0, 0.1) is 5.41 Å². The first kappa shape index (κ1) is 18.9. The number of carbonyl (C=O) groups excluding carboxylic acids is 1. The molecule has 154 valence electrons. The summed E-state index contributed by atoms with van der Waals surface area (Å²) in [6, 6.07) is 5.37. The molecular weight excluding hydrogens is 381 g/mol. The molecule has 5 rings (SSSR count). The number of hydrogen-bond acceptors (Lipinski definition) is 4. The number of fused-ring (bicyclic) bond motifs is 1. The standard InChI is InChI=1S/C23H24FN5O/c1-23(6-2-3-7-23)14-29-13-16(11-27-29)18-5-4-17(9-24)28-21(18)15-8-19-20(25-10-15)12-26-22(19)30/h4-5,8,10-11,13H,2-3,6-7,9,12,14H2,1H3,(H,26,30). The van der Waals surface area contributed by atoms with Crippen molar-refractivity contribution in [2.24, 2.45) is 5.41 Å². The van der Waals surface area contributed by atoms with Crippen LogP contribution in [0.4, 0.5) is 4.39 Å².